The summed E-state index contributed by atoms with van der Waals surface area (Å²) in [6.45, 7) is 0.494. The number of likely N-dealkylation sites (tertiary alicyclic amines) is 1. The molecule has 3 fully saturated rings. The Hall–Kier alpha value is -2.44. The van der Waals surface area contributed by atoms with Gasteiger partial charge in [0.15, 0.2) is 0 Å². The normalized spacial score (nSPS) is 24.9. The first kappa shape index (κ1) is 19.9. The Morgan fingerprint density at radius 1 is 1.07 bits per heavy atom. The molecule has 1 unspecified atom stereocenters. The van der Waals surface area contributed by atoms with Gasteiger partial charge in [-0.1, -0.05) is 32.1 Å². The lowest BCUT2D eigenvalue weighted by Crippen LogP contribution is -2.49. The highest BCUT2D eigenvalue weighted by molar-refractivity contribution is 6.09. The predicted molar refractivity (Wildman–Crippen MR) is 108 cm³/mol. The molecule has 4 amide bonds. The second-order valence-corrected chi connectivity index (χ2v) is 8.56. The van der Waals surface area contributed by atoms with Crippen LogP contribution in [0.3, 0.4) is 0 Å². The Labute approximate surface area is 172 Å². The van der Waals surface area contributed by atoms with E-state index in [2.05, 4.69) is 4.98 Å². The van der Waals surface area contributed by atoms with E-state index in [0.29, 0.717) is 19.4 Å². The second kappa shape index (κ2) is 8.13. The maximum atomic E-state index is 13.3. The molecule has 1 aromatic rings. The van der Waals surface area contributed by atoms with E-state index in [0.717, 1.165) is 50.5 Å². The van der Waals surface area contributed by atoms with Gasteiger partial charge in [0.2, 0.25) is 5.91 Å². The number of carbonyl (C=O) groups is 3. The fourth-order valence-corrected chi connectivity index (χ4v) is 5.24. The van der Waals surface area contributed by atoms with Crippen LogP contribution in [0, 0.1) is 0 Å². The van der Waals surface area contributed by atoms with Gasteiger partial charge in [-0.2, -0.15) is 0 Å². The van der Waals surface area contributed by atoms with E-state index in [-0.39, 0.29) is 30.4 Å². The molecule has 156 valence electrons. The summed E-state index contributed by atoms with van der Waals surface area (Å²) < 4.78 is 0. The summed E-state index contributed by atoms with van der Waals surface area (Å²) in [5.41, 5.74) is 0.328. The van der Waals surface area contributed by atoms with Gasteiger partial charge in [-0.25, -0.2) is 4.79 Å². The van der Waals surface area contributed by atoms with E-state index >= 15 is 0 Å². The standard InChI is InChI=1S/C22H30N4O3/c1-24-21(29)26(20(28)22(24)11-5-3-6-12-22)16-19(27)25-15-7-2-4-8-18(25)17-9-13-23-14-10-17/h9-10,13-14,18H,2-8,11-12,15-16H2,1H3. The van der Waals surface area contributed by atoms with Crippen molar-refractivity contribution in [1.29, 1.82) is 0 Å². The lowest BCUT2D eigenvalue weighted by Gasteiger charge is -2.36. The van der Waals surface area contributed by atoms with Crippen molar-refractivity contribution in [2.75, 3.05) is 20.1 Å². The quantitative estimate of drug-likeness (QED) is 0.733. The minimum absolute atomic E-state index is 0.0258. The number of carbonyl (C=O) groups excluding carboxylic acids is 3. The summed E-state index contributed by atoms with van der Waals surface area (Å²) in [5, 5.41) is 0. The van der Waals surface area contributed by atoms with Crippen molar-refractivity contribution in [2.45, 2.75) is 69.4 Å². The van der Waals surface area contributed by atoms with Gasteiger partial charge in [0.1, 0.15) is 12.1 Å². The van der Waals surface area contributed by atoms with Crippen molar-refractivity contribution >= 4 is 17.8 Å². The molecule has 0 radical (unpaired) electrons. The lowest BCUT2D eigenvalue weighted by atomic mass is 9.81. The molecule has 1 spiro atoms. The number of pyridine rings is 1. The van der Waals surface area contributed by atoms with Crippen molar-refractivity contribution in [3.8, 4) is 0 Å². The molecule has 0 bridgehead atoms. The molecule has 2 aliphatic heterocycles. The number of rotatable bonds is 3. The van der Waals surface area contributed by atoms with E-state index in [1.165, 1.54) is 4.90 Å². The third-order valence-electron chi connectivity index (χ3n) is 6.94. The molecule has 1 saturated carbocycles. The molecule has 4 rings (SSSR count). The molecule has 0 N–H and O–H groups in total. The van der Waals surface area contributed by atoms with Crippen LogP contribution in [0.15, 0.2) is 24.5 Å². The van der Waals surface area contributed by atoms with E-state index in [1.807, 2.05) is 17.0 Å². The maximum Gasteiger partial charge on any atom is 0.327 e. The first-order chi connectivity index (χ1) is 14.0. The van der Waals surface area contributed by atoms with Crippen molar-refractivity contribution in [3.05, 3.63) is 30.1 Å². The van der Waals surface area contributed by atoms with Gasteiger partial charge in [0.05, 0.1) is 6.04 Å². The Morgan fingerprint density at radius 3 is 2.48 bits per heavy atom. The third-order valence-corrected chi connectivity index (χ3v) is 6.94. The summed E-state index contributed by atoms with van der Waals surface area (Å²) in [5.74, 6) is -0.329. The zero-order valence-electron chi connectivity index (χ0n) is 17.2. The number of aromatic nitrogens is 1. The van der Waals surface area contributed by atoms with Gasteiger partial charge in [-0.05, 0) is 43.4 Å². The molecule has 0 aromatic carbocycles. The van der Waals surface area contributed by atoms with Gasteiger partial charge in [-0.15, -0.1) is 0 Å². The number of amides is 4. The Bertz CT molecular complexity index is 776. The largest absolute Gasteiger partial charge is 0.334 e. The van der Waals surface area contributed by atoms with Crippen LogP contribution in [0.2, 0.25) is 0 Å². The first-order valence-corrected chi connectivity index (χ1v) is 10.8. The Kier molecular flexibility index (Phi) is 5.56. The van der Waals surface area contributed by atoms with E-state index in [4.69, 9.17) is 0 Å². The number of urea groups is 1. The van der Waals surface area contributed by atoms with Crippen LogP contribution in [0.1, 0.15) is 69.4 Å². The SMILES string of the molecule is CN1C(=O)N(CC(=O)N2CCCCCC2c2ccncc2)C(=O)C12CCCCC2. The number of imide groups is 1. The van der Waals surface area contributed by atoms with Crippen LogP contribution < -0.4 is 0 Å². The van der Waals surface area contributed by atoms with Crippen molar-refractivity contribution in [2.24, 2.45) is 0 Å². The average molecular weight is 399 g/mol. The highest BCUT2D eigenvalue weighted by atomic mass is 16.2. The molecule has 7 nitrogen and oxygen atoms in total. The topological polar surface area (TPSA) is 73.8 Å². The minimum atomic E-state index is -0.737. The van der Waals surface area contributed by atoms with E-state index < -0.39 is 5.54 Å². The summed E-state index contributed by atoms with van der Waals surface area (Å²) in [6, 6.07) is 3.54. The Balaban J connectivity index is 1.54. The highest BCUT2D eigenvalue weighted by Crippen LogP contribution is 2.39. The summed E-state index contributed by atoms with van der Waals surface area (Å²) in [4.78, 5) is 48.2. The van der Waals surface area contributed by atoms with E-state index in [1.54, 1.807) is 24.3 Å². The summed E-state index contributed by atoms with van der Waals surface area (Å²) in [7, 11) is 1.71. The van der Waals surface area contributed by atoms with Crippen molar-refractivity contribution in [3.63, 3.8) is 0 Å². The fourth-order valence-electron chi connectivity index (χ4n) is 5.24. The predicted octanol–water partition coefficient (Wildman–Crippen LogP) is 3.12. The van der Waals surface area contributed by atoms with Crippen molar-refractivity contribution in [1.82, 2.24) is 19.7 Å². The van der Waals surface area contributed by atoms with Crippen LogP contribution in [0.5, 0.6) is 0 Å². The monoisotopic (exact) mass is 398 g/mol. The molecule has 7 heteroatoms. The van der Waals surface area contributed by atoms with Gasteiger partial charge in [-0.3, -0.25) is 19.5 Å². The zero-order chi connectivity index (χ0) is 20.4. The van der Waals surface area contributed by atoms with Crippen LogP contribution in [-0.2, 0) is 9.59 Å². The summed E-state index contributed by atoms with van der Waals surface area (Å²) >= 11 is 0. The average Bonchev–Trinajstić information content (AvgIpc) is 2.96. The van der Waals surface area contributed by atoms with Gasteiger partial charge >= 0.3 is 6.03 Å². The van der Waals surface area contributed by atoms with Gasteiger partial charge in [0.25, 0.3) is 5.91 Å². The Morgan fingerprint density at radius 2 is 1.76 bits per heavy atom. The summed E-state index contributed by atoms with van der Waals surface area (Å²) in [6.07, 6.45) is 11.9. The number of likely N-dealkylation sites (N-methyl/N-ethyl adjacent to an activating group) is 1. The number of hydrogen-bond acceptors (Lipinski definition) is 4. The molecular formula is C22H30N4O3. The maximum absolute atomic E-state index is 13.3. The molecule has 3 heterocycles. The molecule has 29 heavy (non-hydrogen) atoms. The van der Waals surface area contributed by atoms with Crippen LogP contribution >= 0.6 is 0 Å². The first-order valence-electron chi connectivity index (χ1n) is 10.8. The van der Waals surface area contributed by atoms with Gasteiger partial charge < -0.3 is 9.80 Å². The highest BCUT2D eigenvalue weighted by Gasteiger charge is 2.56. The molecule has 3 aliphatic rings. The van der Waals surface area contributed by atoms with E-state index in [9.17, 15) is 14.4 Å². The van der Waals surface area contributed by atoms with Crippen LogP contribution in [0.25, 0.3) is 0 Å². The molecule has 1 aromatic heterocycles. The number of hydrogen-bond donors (Lipinski definition) is 0. The van der Waals surface area contributed by atoms with Gasteiger partial charge in [0, 0.05) is 26.0 Å². The second-order valence-electron chi connectivity index (χ2n) is 8.56. The molecule has 1 aliphatic carbocycles. The fraction of sp³-hybridized carbons (Fsp3) is 0.636. The molecular weight excluding hydrogens is 368 g/mol. The van der Waals surface area contributed by atoms with Crippen molar-refractivity contribution < 1.29 is 14.4 Å². The minimum Gasteiger partial charge on any atom is -0.334 e. The third kappa shape index (κ3) is 3.51. The zero-order valence-corrected chi connectivity index (χ0v) is 17.2. The number of nitrogens with zero attached hydrogens (tertiary/aromatic N) is 4. The van der Waals surface area contributed by atoms with Crippen LogP contribution in [0.4, 0.5) is 4.79 Å². The van der Waals surface area contributed by atoms with Crippen LogP contribution in [-0.4, -0.2) is 63.2 Å². The molecule has 1 atom stereocenters. The smallest absolute Gasteiger partial charge is 0.327 e. The lowest BCUT2D eigenvalue weighted by molar-refractivity contribution is -0.141. The molecule has 2 saturated heterocycles.